The molecule has 1 aromatic carbocycles. The van der Waals surface area contributed by atoms with Crippen LogP contribution in [0.15, 0.2) is 30.3 Å². The Morgan fingerprint density at radius 3 is 2.39 bits per heavy atom. The Hall–Kier alpha value is -1.63. The Bertz CT molecular complexity index is 615. The van der Waals surface area contributed by atoms with Gasteiger partial charge in [-0.05, 0) is 18.2 Å². The van der Waals surface area contributed by atoms with Gasteiger partial charge in [0.25, 0.3) is 0 Å². The molecule has 0 saturated carbocycles. The lowest BCUT2D eigenvalue weighted by Gasteiger charge is -2.07. The van der Waals surface area contributed by atoms with Gasteiger partial charge in [-0.25, -0.2) is 4.98 Å². The van der Waals surface area contributed by atoms with Crippen LogP contribution in [0, 0.1) is 17.3 Å². The molecule has 1 aromatic heterocycles. The maximum atomic E-state index is 13.6. The first-order valence-electron chi connectivity index (χ1n) is 5.10. The minimum absolute atomic E-state index is 0.0185. The third-order valence-corrected chi connectivity index (χ3v) is 3.04. The minimum Gasteiger partial charge on any atom is -0.219 e. The largest absolute Gasteiger partial charge is 0.219 e. The highest BCUT2D eigenvalue weighted by Gasteiger charge is 2.12. The highest BCUT2D eigenvalue weighted by molar-refractivity contribution is 6.39. The Balaban J connectivity index is 2.53. The van der Waals surface area contributed by atoms with Crippen LogP contribution in [0.3, 0.4) is 0 Å². The molecule has 0 N–H and O–H groups in total. The molecular formula is C13H7Cl2FN2. The zero-order valence-corrected chi connectivity index (χ0v) is 10.6. The monoisotopic (exact) mass is 280 g/mol. The standard InChI is InChI=1S/C13H7Cl2FN2/c14-9-2-1-3-10(15)12(9)11-5-4-8(6-7-17)13(16)18-11/h1-5H,6H2. The summed E-state index contributed by atoms with van der Waals surface area (Å²) in [5.41, 5.74) is 1.09. The summed E-state index contributed by atoms with van der Waals surface area (Å²) in [6.07, 6.45) is -0.0185. The van der Waals surface area contributed by atoms with Crippen molar-refractivity contribution < 1.29 is 4.39 Å². The SMILES string of the molecule is N#CCc1ccc(-c2c(Cl)cccc2Cl)nc1F. The van der Waals surface area contributed by atoms with E-state index in [2.05, 4.69) is 4.98 Å². The first-order chi connectivity index (χ1) is 8.63. The molecule has 0 spiro atoms. The molecule has 2 rings (SSSR count). The maximum Gasteiger partial charge on any atom is 0.217 e. The van der Waals surface area contributed by atoms with Crippen molar-refractivity contribution in [3.63, 3.8) is 0 Å². The third-order valence-electron chi connectivity index (χ3n) is 2.41. The van der Waals surface area contributed by atoms with Gasteiger partial charge in [-0.15, -0.1) is 0 Å². The summed E-state index contributed by atoms with van der Waals surface area (Å²) in [4.78, 5) is 3.80. The van der Waals surface area contributed by atoms with Crippen molar-refractivity contribution in [1.29, 1.82) is 5.26 Å². The van der Waals surface area contributed by atoms with Crippen LogP contribution in [-0.2, 0) is 6.42 Å². The number of aromatic nitrogens is 1. The molecule has 1 heterocycles. The molecule has 0 aliphatic rings. The van der Waals surface area contributed by atoms with Crippen molar-refractivity contribution in [2.45, 2.75) is 6.42 Å². The summed E-state index contributed by atoms with van der Waals surface area (Å²) in [6, 6.07) is 10.0. The number of hydrogen-bond donors (Lipinski definition) is 0. The van der Waals surface area contributed by atoms with E-state index in [1.165, 1.54) is 6.07 Å². The number of pyridine rings is 1. The smallest absolute Gasteiger partial charge is 0.217 e. The molecule has 90 valence electrons. The van der Waals surface area contributed by atoms with Gasteiger partial charge in [-0.3, -0.25) is 0 Å². The van der Waals surface area contributed by atoms with Crippen LogP contribution in [0.2, 0.25) is 10.0 Å². The fourth-order valence-electron chi connectivity index (χ4n) is 1.56. The average molecular weight is 281 g/mol. The number of halogens is 3. The maximum absolute atomic E-state index is 13.6. The molecule has 18 heavy (non-hydrogen) atoms. The van der Waals surface area contributed by atoms with E-state index in [0.29, 0.717) is 21.3 Å². The Kier molecular flexibility index (Phi) is 3.81. The number of benzene rings is 1. The van der Waals surface area contributed by atoms with E-state index < -0.39 is 5.95 Å². The Morgan fingerprint density at radius 1 is 1.17 bits per heavy atom. The quantitative estimate of drug-likeness (QED) is 0.771. The van der Waals surface area contributed by atoms with Gasteiger partial charge >= 0.3 is 0 Å². The van der Waals surface area contributed by atoms with E-state index in [1.807, 2.05) is 6.07 Å². The Labute approximate surface area is 114 Å². The van der Waals surface area contributed by atoms with Gasteiger partial charge in [0.15, 0.2) is 0 Å². The van der Waals surface area contributed by atoms with Crippen LogP contribution in [0.4, 0.5) is 4.39 Å². The van der Waals surface area contributed by atoms with Crippen LogP contribution in [0.5, 0.6) is 0 Å². The molecule has 2 aromatic rings. The van der Waals surface area contributed by atoms with Crippen molar-refractivity contribution in [2.24, 2.45) is 0 Å². The van der Waals surface area contributed by atoms with Gasteiger partial charge in [-0.1, -0.05) is 35.3 Å². The summed E-state index contributed by atoms with van der Waals surface area (Å²) < 4.78 is 13.6. The molecule has 0 bridgehead atoms. The number of hydrogen-bond acceptors (Lipinski definition) is 2. The van der Waals surface area contributed by atoms with Gasteiger partial charge in [0, 0.05) is 11.1 Å². The average Bonchev–Trinajstić information content (AvgIpc) is 2.32. The minimum atomic E-state index is -0.676. The van der Waals surface area contributed by atoms with Crippen LogP contribution >= 0.6 is 23.2 Å². The predicted molar refractivity (Wildman–Crippen MR) is 69.0 cm³/mol. The van der Waals surface area contributed by atoms with Crippen LogP contribution < -0.4 is 0 Å². The van der Waals surface area contributed by atoms with Crippen LogP contribution in [-0.4, -0.2) is 4.98 Å². The van der Waals surface area contributed by atoms with Gasteiger partial charge in [0.05, 0.1) is 28.2 Å². The van der Waals surface area contributed by atoms with Crippen LogP contribution in [0.25, 0.3) is 11.3 Å². The van der Waals surface area contributed by atoms with Gasteiger partial charge < -0.3 is 0 Å². The first kappa shape index (κ1) is 12.8. The van der Waals surface area contributed by atoms with E-state index in [0.717, 1.165) is 0 Å². The highest BCUT2D eigenvalue weighted by Crippen LogP contribution is 2.33. The molecule has 0 radical (unpaired) electrons. The molecule has 2 nitrogen and oxygen atoms in total. The summed E-state index contributed by atoms with van der Waals surface area (Å²) in [6.45, 7) is 0. The predicted octanol–water partition coefficient (Wildman–Crippen LogP) is 4.26. The topological polar surface area (TPSA) is 36.7 Å². The van der Waals surface area contributed by atoms with E-state index in [-0.39, 0.29) is 12.0 Å². The first-order valence-corrected chi connectivity index (χ1v) is 5.86. The lowest BCUT2D eigenvalue weighted by Crippen LogP contribution is -1.95. The van der Waals surface area contributed by atoms with Crippen molar-refractivity contribution >= 4 is 23.2 Å². The van der Waals surface area contributed by atoms with E-state index in [9.17, 15) is 4.39 Å². The summed E-state index contributed by atoms with van der Waals surface area (Å²) >= 11 is 12.0. The van der Waals surface area contributed by atoms with Crippen molar-refractivity contribution in [2.75, 3.05) is 0 Å². The molecule has 0 amide bonds. The van der Waals surface area contributed by atoms with Crippen molar-refractivity contribution in [3.8, 4) is 17.3 Å². The molecule has 0 aliphatic carbocycles. The van der Waals surface area contributed by atoms with E-state index in [4.69, 9.17) is 28.5 Å². The summed E-state index contributed by atoms with van der Waals surface area (Å²) in [5.74, 6) is -0.676. The molecule has 0 atom stereocenters. The second-order valence-corrected chi connectivity index (χ2v) is 4.39. The number of nitrogens with zero attached hydrogens (tertiary/aromatic N) is 2. The second kappa shape index (κ2) is 5.34. The molecule has 0 fully saturated rings. The molecule has 0 saturated heterocycles. The van der Waals surface area contributed by atoms with E-state index >= 15 is 0 Å². The van der Waals surface area contributed by atoms with Crippen molar-refractivity contribution in [1.82, 2.24) is 4.98 Å². The van der Waals surface area contributed by atoms with Gasteiger partial charge in [0.2, 0.25) is 5.95 Å². The Morgan fingerprint density at radius 2 is 1.83 bits per heavy atom. The second-order valence-electron chi connectivity index (χ2n) is 3.58. The summed E-state index contributed by atoms with van der Waals surface area (Å²) in [7, 11) is 0. The lowest BCUT2D eigenvalue weighted by atomic mass is 10.1. The number of nitriles is 1. The number of rotatable bonds is 2. The molecule has 5 heteroatoms. The van der Waals surface area contributed by atoms with Crippen molar-refractivity contribution in [3.05, 3.63) is 51.9 Å². The molecular weight excluding hydrogens is 274 g/mol. The summed E-state index contributed by atoms with van der Waals surface area (Å²) in [5, 5.41) is 9.34. The van der Waals surface area contributed by atoms with E-state index in [1.54, 1.807) is 24.3 Å². The fourth-order valence-corrected chi connectivity index (χ4v) is 2.15. The molecule has 0 unspecified atom stereocenters. The highest BCUT2D eigenvalue weighted by atomic mass is 35.5. The zero-order chi connectivity index (χ0) is 13.1. The van der Waals surface area contributed by atoms with Gasteiger partial charge in [0.1, 0.15) is 0 Å². The fraction of sp³-hybridized carbons (Fsp3) is 0.0769. The van der Waals surface area contributed by atoms with Gasteiger partial charge in [-0.2, -0.15) is 9.65 Å². The molecule has 0 aliphatic heterocycles. The van der Waals surface area contributed by atoms with Crippen LogP contribution in [0.1, 0.15) is 5.56 Å². The lowest BCUT2D eigenvalue weighted by molar-refractivity contribution is 0.573. The third kappa shape index (κ3) is 2.45. The normalized spacial score (nSPS) is 10.1. The zero-order valence-electron chi connectivity index (χ0n) is 9.12.